The SMILES string of the molecule is CN1CCCCN(C(=O)c2ccc(F)cc2)CCCOc2ccc(Cl)cc2C1=O. The molecule has 0 bridgehead atoms. The lowest BCUT2D eigenvalue weighted by molar-refractivity contribution is 0.0735. The zero-order chi connectivity index (χ0) is 20.8. The highest BCUT2D eigenvalue weighted by Gasteiger charge is 2.20. The van der Waals surface area contributed by atoms with E-state index < -0.39 is 0 Å². The lowest BCUT2D eigenvalue weighted by atomic mass is 10.1. The van der Waals surface area contributed by atoms with Crippen LogP contribution in [-0.2, 0) is 0 Å². The molecule has 0 spiro atoms. The van der Waals surface area contributed by atoms with Crippen molar-refractivity contribution in [2.24, 2.45) is 0 Å². The van der Waals surface area contributed by atoms with Crippen LogP contribution in [0.25, 0.3) is 0 Å². The summed E-state index contributed by atoms with van der Waals surface area (Å²) in [5.41, 5.74) is 0.905. The van der Waals surface area contributed by atoms with Gasteiger partial charge in [0.25, 0.3) is 11.8 Å². The molecular formula is C22H24ClFN2O3. The molecule has 2 aromatic rings. The van der Waals surface area contributed by atoms with Crippen LogP contribution >= 0.6 is 11.6 Å². The van der Waals surface area contributed by atoms with E-state index in [1.165, 1.54) is 24.3 Å². The Kier molecular flexibility index (Phi) is 7.09. The highest BCUT2D eigenvalue weighted by molar-refractivity contribution is 6.31. The maximum Gasteiger partial charge on any atom is 0.257 e. The molecule has 154 valence electrons. The first-order valence-electron chi connectivity index (χ1n) is 9.68. The number of ether oxygens (including phenoxy) is 1. The minimum absolute atomic E-state index is 0.128. The van der Waals surface area contributed by atoms with Crippen LogP contribution in [0.5, 0.6) is 5.75 Å². The number of carbonyl (C=O) groups excluding carboxylic acids is 2. The number of hydrogen-bond acceptors (Lipinski definition) is 3. The minimum Gasteiger partial charge on any atom is -0.493 e. The van der Waals surface area contributed by atoms with Crippen LogP contribution in [0.15, 0.2) is 42.5 Å². The van der Waals surface area contributed by atoms with Gasteiger partial charge in [-0.15, -0.1) is 0 Å². The second-order valence-corrected chi connectivity index (χ2v) is 7.51. The molecule has 0 saturated heterocycles. The topological polar surface area (TPSA) is 49.9 Å². The van der Waals surface area contributed by atoms with E-state index in [0.717, 1.165) is 12.8 Å². The van der Waals surface area contributed by atoms with Crippen LogP contribution in [0, 0.1) is 5.82 Å². The standard InChI is InChI=1S/C22H24ClFN2O3/c1-25-11-2-3-12-26(21(27)16-5-8-18(24)9-6-16)13-4-14-29-20-10-7-17(23)15-19(20)22(25)28/h5-10,15H,2-4,11-14H2,1H3. The third-order valence-corrected chi connectivity index (χ3v) is 5.13. The summed E-state index contributed by atoms with van der Waals surface area (Å²) in [5, 5.41) is 0.481. The zero-order valence-corrected chi connectivity index (χ0v) is 17.1. The average Bonchev–Trinajstić information content (AvgIpc) is 2.73. The number of rotatable bonds is 1. The van der Waals surface area contributed by atoms with Gasteiger partial charge < -0.3 is 14.5 Å². The second kappa shape index (κ2) is 9.74. The quantitative estimate of drug-likeness (QED) is 0.695. The van der Waals surface area contributed by atoms with Gasteiger partial charge in [0.05, 0.1) is 12.2 Å². The fourth-order valence-electron chi connectivity index (χ4n) is 3.28. The molecular weight excluding hydrogens is 395 g/mol. The van der Waals surface area contributed by atoms with Crippen LogP contribution in [-0.4, -0.2) is 54.9 Å². The Hall–Kier alpha value is -2.60. The maximum atomic E-state index is 13.2. The van der Waals surface area contributed by atoms with Crippen molar-refractivity contribution < 1.29 is 18.7 Å². The van der Waals surface area contributed by atoms with Gasteiger partial charge in [-0.05, 0) is 61.7 Å². The van der Waals surface area contributed by atoms with Crippen LogP contribution in [0.1, 0.15) is 40.0 Å². The largest absolute Gasteiger partial charge is 0.493 e. The Morgan fingerprint density at radius 2 is 1.72 bits per heavy atom. The zero-order valence-electron chi connectivity index (χ0n) is 16.4. The van der Waals surface area contributed by atoms with E-state index >= 15 is 0 Å². The molecule has 0 aliphatic carbocycles. The predicted molar refractivity (Wildman–Crippen MR) is 110 cm³/mol. The van der Waals surface area contributed by atoms with E-state index in [4.69, 9.17) is 16.3 Å². The smallest absolute Gasteiger partial charge is 0.257 e. The van der Waals surface area contributed by atoms with Crippen molar-refractivity contribution in [2.45, 2.75) is 19.3 Å². The lowest BCUT2D eigenvalue weighted by Gasteiger charge is -2.23. The van der Waals surface area contributed by atoms with Gasteiger partial charge in [-0.3, -0.25) is 9.59 Å². The fraction of sp³-hybridized carbons (Fsp3) is 0.364. The van der Waals surface area contributed by atoms with Crippen molar-refractivity contribution >= 4 is 23.4 Å². The van der Waals surface area contributed by atoms with Gasteiger partial charge in [0.2, 0.25) is 0 Å². The predicted octanol–water partition coefficient (Wildman–Crippen LogP) is 4.26. The molecule has 0 saturated carbocycles. The lowest BCUT2D eigenvalue weighted by Crippen LogP contribution is -2.34. The Bertz CT molecular complexity index is 873. The molecule has 2 aromatic carbocycles. The van der Waals surface area contributed by atoms with Crippen molar-refractivity contribution in [1.82, 2.24) is 9.80 Å². The summed E-state index contributed by atoms with van der Waals surface area (Å²) in [4.78, 5) is 29.0. The van der Waals surface area contributed by atoms with Gasteiger partial charge in [0.15, 0.2) is 0 Å². The maximum absolute atomic E-state index is 13.2. The highest BCUT2D eigenvalue weighted by Crippen LogP contribution is 2.25. The van der Waals surface area contributed by atoms with Gasteiger partial charge in [0, 0.05) is 37.3 Å². The van der Waals surface area contributed by atoms with Gasteiger partial charge in [0.1, 0.15) is 11.6 Å². The van der Waals surface area contributed by atoms with Crippen molar-refractivity contribution in [3.05, 3.63) is 64.4 Å². The van der Waals surface area contributed by atoms with Gasteiger partial charge in [-0.1, -0.05) is 11.6 Å². The van der Waals surface area contributed by atoms with E-state index in [-0.39, 0.29) is 17.6 Å². The van der Waals surface area contributed by atoms with Crippen LogP contribution in [0.2, 0.25) is 5.02 Å². The number of amides is 2. The summed E-state index contributed by atoms with van der Waals surface area (Å²) in [6, 6.07) is 10.6. The van der Waals surface area contributed by atoms with Crippen LogP contribution in [0.4, 0.5) is 4.39 Å². The minimum atomic E-state index is -0.369. The first-order valence-corrected chi connectivity index (χ1v) is 10.1. The molecule has 1 aliphatic heterocycles. The fourth-order valence-corrected chi connectivity index (χ4v) is 3.45. The number of fused-ring (bicyclic) bond motifs is 1. The molecule has 1 aliphatic rings. The molecule has 7 heteroatoms. The van der Waals surface area contributed by atoms with Crippen molar-refractivity contribution in [2.75, 3.05) is 33.3 Å². The molecule has 0 aromatic heterocycles. The van der Waals surface area contributed by atoms with E-state index in [2.05, 4.69) is 0 Å². The van der Waals surface area contributed by atoms with E-state index in [1.807, 2.05) is 0 Å². The summed E-state index contributed by atoms with van der Waals surface area (Å²) < 4.78 is 19.0. The van der Waals surface area contributed by atoms with E-state index in [9.17, 15) is 14.0 Å². The summed E-state index contributed by atoms with van der Waals surface area (Å²) in [5.74, 6) is -0.147. The molecule has 0 unspecified atom stereocenters. The van der Waals surface area contributed by atoms with E-state index in [1.54, 1.807) is 35.0 Å². The second-order valence-electron chi connectivity index (χ2n) is 7.08. The van der Waals surface area contributed by atoms with Crippen molar-refractivity contribution in [1.29, 1.82) is 0 Å². The Labute approximate surface area is 175 Å². The van der Waals surface area contributed by atoms with Crippen molar-refractivity contribution in [3.63, 3.8) is 0 Å². The molecule has 2 amide bonds. The first kappa shape index (κ1) is 21.1. The first-order chi connectivity index (χ1) is 14.0. The molecule has 29 heavy (non-hydrogen) atoms. The summed E-state index contributed by atoms with van der Waals surface area (Å²) in [6.07, 6.45) is 2.12. The normalized spacial score (nSPS) is 16.2. The molecule has 0 atom stereocenters. The molecule has 0 radical (unpaired) electrons. The molecule has 0 N–H and O–H groups in total. The summed E-state index contributed by atoms with van der Waals surface area (Å²) >= 11 is 6.07. The highest BCUT2D eigenvalue weighted by atomic mass is 35.5. The Balaban J connectivity index is 1.75. The Morgan fingerprint density at radius 3 is 2.48 bits per heavy atom. The number of carbonyl (C=O) groups is 2. The molecule has 3 rings (SSSR count). The number of nitrogens with zero attached hydrogens (tertiary/aromatic N) is 2. The van der Waals surface area contributed by atoms with Gasteiger partial charge in [-0.2, -0.15) is 0 Å². The van der Waals surface area contributed by atoms with Crippen molar-refractivity contribution in [3.8, 4) is 5.75 Å². The number of hydrogen-bond donors (Lipinski definition) is 0. The molecule has 0 fully saturated rings. The summed E-state index contributed by atoms with van der Waals surface area (Å²) in [7, 11) is 1.74. The van der Waals surface area contributed by atoms with E-state index in [0.29, 0.717) is 54.6 Å². The number of benzene rings is 2. The Morgan fingerprint density at radius 1 is 1.03 bits per heavy atom. The van der Waals surface area contributed by atoms with Gasteiger partial charge in [-0.25, -0.2) is 4.39 Å². The monoisotopic (exact) mass is 418 g/mol. The molecule has 5 nitrogen and oxygen atoms in total. The molecule has 1 heterocycles. The third-order valence-electron chi connectivity index (χ3n) is 4.90. The van der Waals surface area contributed by atoms with Crippen LogP contribution < -0.4 is 4.74 Å². The number of halogens is 2. The third kappa shape index (κ3) is 5.48. The van der Waals surface area contributed by atoms with Crippen LogP contribution in [0.3, 0.4) is 0 Å². The average molecular weight is 419 g/mol. The van der Waals surface area contributed by atoms with Gasteiger partial charge >= 0.3 is 0 Å². The summed E-state index contributed by atoms with van der Waals surface area (Å²) in [6.45, 7) is 2.00.